The molecular weight excluding hydrogens is 416 g/mol. The van der Waals surface area contributed by atoms with Crippen LogP contribution in [0.4, 0.5) is 0 Å². The number of carboxylic acids is 1. The minimum atomic E-state index is -0.841. The predicted octanol–water partition coefficient (Wildman–Crippen LogP) is 6.93. The number of carbonyl (C=O) groups is 1. The predicted molar refractivity (Wildman–Crippen MR) is 131 cm³/mol. The molecule has 2 aromatic carbocycles. The summed E-state index contributed by atoms with van der Waals surface area (Å²) in [6.45, 7) is 1.23. The van der Waals surface area contributed by atoms with Gasteiger partial charge in [-0.3, -0.25) is 0 Å². The zero-order valence-corrected chi connectivity index (χ0v) is 18.9. The highest BCUT2D eigenvalue weighted by Gasteiger charge is 2.28. The van der Waals surface area contributed by atoms with Crippen molar-refractivity contribution < 1.29 is 9.90 Å². The van der Waals surface area contributed by atoms with Gasteiger partial charge in [0.05, 0.1) is 15.9 Å². The van der Waals surface area contributed by atoms with Gasteiger partial charge in [-0.25, -0.2) is 4.79 Å². The quantitative estimate of drug-likeness (QED) is 0.289. The summed E-state index contributed by atoms with van der Waals surface area (Å²) in [5.41, 5.74) is 6.72. The first-order valence-electron chi connectivity index (χ1n) is 11.4. The number of hydrogen-bond acceptors (Lipinski definition) is 3. The number of thiophene rings is 1. The fourth-order valence-electron chi connectivity index (χ4n) is 4.98. The van der Waals surface area contributed by atoms with Crippen LogP contribution in [0, 0.1) is 0 Å². The van der Waals surface area contributed by atoms with Crippen molar-refractivity contribution in [3.63, 3.8) is 0 Å². The average Bonchev–Trinajstić information content (AvgIpc) is 3.38. The lowest BCUT2D eigenvalue weighted by atomic mass is 9.83. The summed E-state index contributed by atoms with van der Waals surface area (Å²) in [6, 6.07) is 20.7. The summed E-state index contributed by atoms with van der Waals surface area (Å²) in [6.07, 6.45) is 6.13. The summed E-state index contributed by atoms with van der Waals surface area (Å²) < 4.78 is 1.13. The van der Waals surface area contributed by atoms with E-state index in [0.29, 0.717) is 23.9 Å². The highest BCUT2D eigenvalue weighted by Crippen LogP contribution is 2.46. The van der Waals surface area contributed by atoms with Gasteiger partial charge in [0.25, 0.3) is 0 Å². The number of aromatic nitrogens is 1. The molecule has 5 rings (SSSR count). The molecule has 0 saturated heterocycles. The molecule has 1 saturated carbocycles. The molecule has 32 heavy (non-hydrogen) atoms. The second kappa shape index (κ2) is 9.31. The third-order valence-electron chi connectivity index (χ3n) is 6.51. The van der Waals surface area contributed by atoms with Crippen LogP contribution in [0.2, 0.25) is 0 Å². The molecule has 4 aromatic rings. The second-order valence-corrected chi connectivity index (χ2v) is 9.64. The van der Waals surface area contributed by atoms with Crippen LogP contribution in [0.1, 0.15) is 64.4 Å². The molecule has 1 aliphatic rings. The minimum Gasteiger partial charge on any atom is -0.477 e. The van der Waals surface area contributed by atoms with Gasteiger partial charge in [-0.15, -0.1) is 11.3 Å². The molecule has 0 atom stereocenters. The minimum absolute atomic E-state index is 0.448. The van der Waals surface area contributed by atoms with Gasteiger partial charge in [0, 0.05) is 18.7 Å². The lowest BCUT2D eigenvalue weighted by molar-refractivity contribution is 0.0701. The zero-order chi connectivity index (χ0) is 21.9. The van der Waals surface area contributed by atoms with Crippen molar-refractivity contribution >= 4 is 27.5 Å². The molecule has 164 valence electrons. The lowest BCUT2D eigenvalue weighted by Gasteiger charge is -2.22. The van der Waals surface area contributed by atoms with E-state index in [1.54, 1.807) is 0 Å². The topological polar surface area (TPSA) is 65.1 Å². The van der Waals surface area contributed by atoms with E-state index < -0.39 is 5.97 Å². The van der Waals surface area contributed by atoms with Gasteiger partial charge in [0.1, 0.15) is 4.88 Å². The van der Waals surface area contributed by atoms with Gasteiger partial charge in [-0.05, 0) is 35.4 Å². The Morgan fingerprint density at radius 2 is 1.66 bits per heavy atom. The Bertz CT molecular complexity index is 1200. The van der Waals surface area contributed by atoms with Crippen LogP contribution < -0.4 is 5.32 Å². The van der Waals surface area contributed by atoms with Crippen molar-refractivity contribution in [1.82, 2.24) is 10.3 Å². The van der Waals surface area contributed by atoms with E-state index in [0.717, 1.165) is 15.8 Å². The van der Waals surface area contributed by atoms with Crippen LogP contribution in [0.5, 0.6) is 0 Å². The van der Waals surface area contributed by atoms with E-state index in [1.807, 2.05) is 24.3 Å². The standard InChI is InChI=1S/C27H28N2O2S/c30-27(31)25-21(17-28-16-18-10-4-1-5-11-18)24-26(32-25)22(19-12-6-2-7-13-19)23(29-24)20-14-8-3-9-15-20/h1,3-5,8-11,14-15,19,28-29H,2,6-7,12-13,16-17H2,(H,30,31). The Hall–Kier alpha value is -2.89. The molecule has 1 fully saturated rings. The van der Waals surface area contributed by atoms with E-state index in [1.165, 1.54) is 65.8 Å². The number of carboxylic acid groups (broad SMARTS) is 1. The van der Waals surface area contributed by atoms with Crippen molar-refractivity contribution in [1.29, 1.82) is 0 Å². The fraction of sp³-hybridized carbons (Fsp3) is 0.296. The van der Waals surface area contributed by atoms with Crippen molar-refractivity contribution in [3.05, 3.63) is 82.2 Å². The van der Waals surface area contributed by atoms with Crippen LogP contribution in [0.3, 0.4) is 0 Å². The summed E-state index contributed by atoms with van der Waals surface area (Å²) in [4.78, 5) is 16.3. The number of rotatable bonds is 7. The monoisotopic (exact) mass is 444 g/mol. The Kier molecular flexibility index (Phi) is 6.10. The van der Waals surface area contributed by atoms with Crippen molar-refractivity contribution in [2.24, 2.45) is 0 Å². The maximum atomic E-state index is 12.1. The molecule has 0 spiro atoms. The van der Waals surface area contributed by atoms with E-state index in [-0.39, 0.29) is 0 Å². The maximum absolute atomic E-state index is 12.1. The lowest BCUT2D eigenvalue weighted by Crippen LogP contribution is -2.14. The zero-order valence-electron chi connectivity index (χ0n) is 18.1. The van der Waals surface area contributed by atoms with Crippen molar-refractivity contribution in [2.75, 3.05) is 0 Å². The molecular formula is C27H28N2O2S. The van der Waals surface area contributed by atoms with Crippen LogP contribution in [-0.2, 0) is 13.1 Å². The second-order valence-electron chi connectivity index (χ2n) is 8.62. The molecule has 2 aromatic heterocycles. The number of hydrogen-bond donors (Lipinski definition) is 3. The van der Waals surface area contributed by atoms with Crippen molar-refractivity contribution in [2.45, 2.75) is 51.1 Å². The molecule has 3 N–H and O–H groups in total. The number of aromatic amines is 1. The average molecular weight is 445 g/mol. The van der Waals surface area contributed by atoms with E-state index >= 15 is 0 Å². The molecule has 0 bridgehead atoms. The SMILES string of the molecule is O=C(O)c1sc2c(C3CCCCC3)c(-c3ccccc3)[nH]c2c1CNCc1ccccc1. The third kappa shape index (κ3) is 4.10. The van der Waals surface area contributed by atoms with Crippen LogP contribution in [0.15, 0.2) is 60.7 Å². The van der Waals surface area contributed by atoms with Gasteiger partial charge < -0.3 is 15.4 Å². The molecule has 0 unspecified atom stereocenters. The van der Waals surface area contributed by atoms with Gasteiger partial charge in [-0.1, -0.05) is 79.9 Å². The smallest absolute Gasteiger partial charge is 0.346 e. The largest absolute Gasteiger partial charge is 0.477 e. The molecule has 0 amide bonds. The Labute approximate surface area is 192 Å². The molecule has 5 heteroatoms. The molecule has 0 radical (unpaired) electrons. The highest BCUT2D eigenvalue weighted by atomic mass is 32.1. The van der Waals surface area contributed by atoms with E-state index in [2.05, 4.69) is 46.7 Å². The number of H-pyrrole nitrogens is 1. The Morgan fingerprint density at radius 1 is 0.969 bits per heavy atom. The van der Waals surface area contributed by atoms with Gasteiger partial charge in [0.15, 0.2) is 0 Å². The molecule has 1 aliphatic carbocycles. The van der Waals surface area contributed by atoms with E-state index in [4.69, 9.17) is 0 Å². The maximum Gasteiger partial charge on any atom is 0.346 e. The van der Waals surface area contributed by atoms with Gasteiger partial charge in [-0.2, -0.15) is 0 Å². The number of nitrogens with one attached hydrogen (secondary N) is 2. The Morgan fingerprint density at radius 3 is 2.34 bits per heavy atom. The normalized spacial score (nSPS) is 14.8. The van der Waals surface area contributed by atoms with Gasteiger partial charge >= 0.3 is 5.97 Å². The Balaban J connectivity index is 1.57. The van der Waals surface area contributed by atoms with Crippen molar-refractivity contribution in [3.8, 4) is 11.3 Å². The van der Waals surface area contributed by atoms with Crippen LogP contribution in [0.25, 0.3) is 21.5 Å². The first kappa shape index (κ1) is 21.0. The summed E-state index contributed by atoms with van der Waals surface area (Å²) in [5, 5.41) is 13.4. The fourth-order valence-corrected chi connectivity index (χ4v) is 6.22. The summed E-state index contributed by atoms with van der Waals surface area (Å²) >= 11 is 1.44. The summed E-state index contributed by atoms with van der Waals surface area (Å²) in [7, 11) is 0. The molecule has 0 aliphatic heterocycles. The number of benzene rings is 2. The number of aromatic carboxylic acids is 1. The van der Waals surface area contributed by atoms with Crippen LogP contribution in [-0.4, -0.2) is 16.1 Å². The summed E-state index contributed by atoms with van der Waals surface area (Å²) in [5.74, 6) is -0.356. The number of fused-ring (bicyclic) bond motifs is 1. The highest BCUT2D eigenvalue weighted by molar-refractivity contribution is 7.21. The first-order chi connectivity index (χ1) is 15.7. The first-order valence-corrected chi connectivity index (χ1v) is 12.2. The molecule has 4 nitrogen and oxygen atoms in total. The third-order valence-corrected chi connectivity index (χ3v) is 7.77. The molecule has 2 heterocycles. The van der Waals surface area contributed by atoms with Gasteiger partial charge in [0.2, 0.25) is 0 Å². The van der Waals surface area contributed by atoms with Crippen LogP contribution >= 0.6 is 11.3 Å². The van der Waals surface area contributed by atoms with E-state index in [9.17, 15) is 9.90 Å².